The molecule has 2 heterocycles. The number of ether oxygens (including phenoxy) is 1. The van der Waals surface area contributed by atoms with E-state index >= 15 is 0 Å². The summed E-state index contributed by atoms with van der Waals surface area (Å²) in [6.07, 6.45) is 9.16. The first-order chi connectivity index (χ1) is 11.3. The minimum atomic E-state index is -0.186. The van der Waals surface area contributed by atoms with E-state index in [4.69, 9.17) is 9.26 Å². The van der Waals surface area contributed by atoms with Crippen LogP contribution in [0.25, 0.3) is 11.5 Å². The minimum absolute atomic E-state index is 0.0803. The van der Waals surface area contributed by atoms with Crippen LogP contribution < -0.4 is 0 Å². The van der Waals surface area contributed by atoms with E-state index in [9.17, 15) is 4.79 Å². The number of carbonyl (C=O) groups is 1. The van der Waals surface area contributed by atoms with Crippen LogP contribution in [0.2, 0.25) is 0 Å². The average Bonchev–Trinajstić information content (AvgIpc) is 2.91. The van der Waals surface area contributed by atoms with Gasteiger partial charge in [0.1, 0.15) is 11.8 Å². The largest absolute Gasteiger partial charge is 0.462 e. The summed E-state index contributed by atoms with van der Waals surface area (Å²) in [5.41, 5.74) is 0.656. The Morgan fingerprint density at radius 3 is 2.78 bits per heavy atom. The van der Waals surface area contributed by atoms with Crippen LogP contribution in [-0.2, 0) is 16.0 Å². The van der Waals surface area contributed by atoms with Gasteiger partial charge in [-0.25, -0.2) is 0 Å². The molecule has 122 valence electrons. The molecule has 0 aromatic carbocycles. The third kappa shape index (κ3) is 4.61. The zero-order chi connectivity index (χ0) is 15.9. The van der Waals surface area contributed by atoms with E-state index in [1.807, 2.05) is 18.2 Å². The van der Waals surface area contributed by atoms with E-state index in [0.717, 1.165) is 25.7 Å². The van der Waals surface area contributed by atoms with Crippen molar-refractivity contribution in [2.75, 3.05) is 0 Å². The predicted molar refractivity (Wildman–Crippen MR) is 83.4 cm³/mol. The molecule has 2 aromatic rings. The molecule has 3 rings (SSSR count). The minimum Gasteiger partial charge on any atom is -0.462 e. The highest BCUT2D eigenvalue weighted by Crippen LogP contribution is 2.20. The lowest BCUT2D eigenvalue weighted by molar-refractivity contribution is -0.149. The first kappa shape index (κ1) is 15.6. The number of hydrogen-bond acceptors (Lipinski definition) is 6. The maximum absolute atomic E-state index is 11.9. The summed E-state index contributed by atoms with van der Waals surface area (Å²) in [6.45, 7) is 0. The molecule has 23 heavy (non-hydrogen) atoms. The number of aryl methyl sites for hydroxylation is 1. The predicted octanol–water partition coefficient (Wildman–Crippen LogP) is 3.33. The van der Waals surface area contributed by atoms with Gasteiger partial charge in [0.25, 0.3) is 0 Å². The highest BCUT2D eigenvalue weighted by atomic mass is 16.5. The number of pyridine rings is 1. The van der Waals surface area contributed by atoms with Gasteiger partial charge in [0.15, 0.2) is 0 Å². The normalized spacial score (nSPS) is 16.0. The quantitative estimate of drug-likeness (QED) is 0.622. The molecule has 0 unspecified atom stereocenters. The molecule has 6 nitrogen and oxygen atoms in total. The van der Waals surface area contributed by atoms with E-state index in [0.29, 0.717) is 23.8 Å². The van der Waals surface area contributed by atoms with Crippen LogP contribution >= 0.6 is 0 Å². The van der Waals surface area contributed by atoms with Crippen molar-refractivity contribution >= 4 is 5.97 Å². The van der Waals surface area contributed by atoms with Crippen LogP contribution in [0.3, 0.4) is 0 Å². The zero-order valence-corrected chi connectivity index (χ0v) is 13.1. The number of nitrogens with zero attached hydrogens (tertiary/aromatic N) is 3. The van der Waals surface area contributed by atoms with Gasteiger partial charge in [0.05, 0.1) is 6.42 Å². The number of esters is 1. The van der Waals surface area contributed by atoms with E-state index in [1.165, 1.54) is 12.8 Å². The number of carbonyl (C=O) groups excluding carboxylic acids is 1. The lowest BCUT2D eigenvalue weighted by atomic mass is 10.1. The smallest absolute Gasteiger partial charge is 0.306 e. The molecule has 0 amide bonds. The molecular formula is C17H21N3O3. The van der Waals surface area contributed by atoms with Gasteiger partial charge < -0.3 is 9.26 Å². The topological polar surface area (TPSA) is 78.1 Å². The Balaban J connectivity index is 1.48. The van der Waals surface area contributed by atoms with Crippen LogP contribution in [0, 0.1) is 0 Å². The number of aromatic nitrogens is 3. The highest BCUT2D eigenvalue weighted by molar-refractivity contribution is 5.69. The van der Waals surface area contributed by atoms with Crippen molar-refractivity contribution in [2.24, 2.45) is 0 Å². The summed E-state index contributed by atoms with van der Waals surface area (Å²) in [6, 6.07) is 5.51. The van der Waals surface area contributed by atoms with Gasteiger partial charge >= 0.3 is 5.97 Å². The Morgan fingerprint density at radius 1 is 1.22 bits per heavy atom. The standard InChI is InChI=1S/C17H21N3O3/c21-16(22-13-7-3-1-2-4-8-13)11-10-15-19-17(20-23-15)14-9-5-6-12-18-14/h5-6,9,12-13H,1-4,7-8,10-11H2. The van der Waals surface area contributed by atoms with E-state index < -0.39 is 0 Å². The first-order valence-corrected chi connectivity index (χ1v) is 8.25. The van der Waals surface area contributed by atoms with Crippen molar-refractivity contribution in [3.05, 3.63) is 30.3 Å². The Kier molecular flexibility index (Phi) is 5.34. The highest BCUT2D eigenvalue weighted by Gasteiger charge is 2.17. The molecule has 2 aromatic heterocycles. The molecule has 0 atom stereocenters. The summed E-state index contributed by atoms with van der Waals surface area (Å²) < 4.78 is 10.7. The maximum Gasteiger partial charge on any atom is 0.306 e. The molecule has 0 radical (unpaired) electrons. The van der Waals surface area contributed by atoms with Gasteiger partial charge in [0, 0.05) is 12.6 Å². The van der Waals surface area contributed by atoms with Crippen molar-refractivity contribution < 1.29 is 14.1 Å². The molecule has 1 aliphatic carbocycles. The summed E-state index contributed by atoms with van der Waals surface area (Å²) in [4.78, 5) is 20.4. The maximum atomic E-state index is 11.9. The van der Waals surface area contributed by atoms with Crippen molar-refractivity contribution in [2.45, 2.75) is 57.5 Å². The van der Waals surface area contributed by atoms with Crippen LogP contribution in [-0.4, -0.2) is 27.2 Å². The van der Waals surface area contributed by atoms with Gasteiger partial charge in [-0.1, -0.05) is 24.1 Å². The van der Waals surface area contributed by atoms with Gasteiger partial charge in [0.2, 0.25) is 11.7 Å². The SMILES string of the molecule is O=C(CCc1nc(-c2ccccn2)no1)OC1CCCCCC1. The summed E-state index contributed by atoms with van der Waals surface area (Å²) in [5, 5.41) is 3.89. The average molecular weight is 315 g/mol. The Bertz CT molecular complexity index is 619. The van der Waals surface area contributed by atoms with E-state index in [2.05, 4.69) is 15.1 Å². The van der Waals surface area contributed by atoms with Gasteiger partial charge in [-0.3, -0.25) is 9.78 Å². The summed E-state index contributed by atoms with van der Waals surface area (Å²) in [5.74, 6) is 0.690. The second kappa shape index (κ2) is 7.85. The van der Waals surface area contributed by atoms with Crippen LogP contribution in [0.1, 0.15) is 50.8 Å². The molecule has 1 fully saturated rings. The Labute approximate surface area is 135 Å². The molecule has 0 N–H and O–H groups in total. The number of hydrogen-bond donors (Lipinski definition) is 0. The summed E-state index contributed by atoms with van der Waals surface area (Å²) >= 11 is 0. The Morgan fingerprint density at radius 2 is 2.04 bits per heavy atom. The molecule has 0 bridgehead atoms. The molecule has 0 saturated heterocycles. The van der Waals surface area contributed by atoms with Crippen LogP contribution in [0.15, 0.2) is 28.9 Å². The second-order valence-electron chi connectivity index (χ2n) is 5.83. The molecule has 0 aliphatic heterocycles. The molecule has 1 saturated carbocycles. The lowest BCUT2D eigenvalue weighted by Gasteiger charge is -2.14. The Hall–Kier alpha value is -2.24. The van der Waals surface area contributed by atoms with Crippen molar-refractivity contribution in [1.29, 1.82) is 0 Å². The van der Waals surface area contributed by atoms with Crippen LogP contribution in [0.4, 0.5) is 0 Å². The summed E-state index contributed by atoms with van der Waals surface area (Å²) in [7, 11) is 0. The molecule has 6 heteroatoms. The second-order valence-corrected chi connectivity index (χ2v) is 5.83. The van der Waals surface area contributed by atoms with Crippen LogP contribution in [0.5, 0.6) is 0 Å². The third-order valence-corrected chi connectivity index (χ3v) is 4.01. The van der Waals surface area contributed by atoms with Gasteiger partial charge in [-0.15, -0.1) is 0 Å². The fourth-order valence-electron chi connectivity index (χ4n) is 2.77. The van der Waals surface area contributed by atoms with Gasteiger partial charge in [-0.05, 0) is 37.8 Å². The number of rotatable bonds is 5. The van der Waals surface area contributed by atoms with E-state index in [-0.39, 0.29) is 18.5 Å². The van der Waals surface area contributed by atoms with Crippen molar-refractivity contribution in [3.8, 4) is 11.5 Å². The third-order valence-electron chi connectivity index (χ3n) is 4.01. The first-order valence-electron chi connectivity index (χ1n) is 8.25. The van der Waals surface area contributed by atoms with Crippen molar-refractivity contribution in [3.63, 3.8) is 0 Å². The fourth-order valence-corrected chi connectivity index (χ4v) is 2.77. The van der Waals surface area contributed by atoms with Crippen molar-refractivity contribution in [1.82, 2.24) is 15.1 Å². The zero-order valence-electron chi connectivity index (χ0n) is 13.1. The van der Waals surface area contributed by atoms with E-state index in [1.54, 1.807) is 6.20 Å². The molecule has 1 aliphatic rings. The molecular weight excluding hydrogens is 294 g/mol. The fraction of sp³-hybridized carbons (Fsp3) is 0.529. The lowest BCUT2D eigenvalue weighted by Crippen LogP contribution is -2.17. The molecule has 0 spiro atoms. The monoisotopic (exact) mass is 315 g/mol. The van der Waals surface area contributed by atoms with Gasteiger partial charge in [-0.2, -0.15) is 4.98 Å².